The van der Waals surface area contributed by atoms with Crippen molar-refractivity contribution in [3.05, 3.63) is 54.1 Å². The van der Waals surface area contributed by atoms with Crippen LogP contribution < -0.4 is 10.6 Å². The van der Waals surface area contributed by atoms with Crippen molar-refractivity contribution >= 4 is 34.5 Å². The predicted octanol–water partition coefficient (Wildman–Crippen LogP) is 3.58. The van der Waals surface area contributed by atoms with E-state index in [4.69, 9.17) is 0 Å². The Bertz CT molecular complexity index is 1040. The van der Waals surface area contributed by atoms with Crippen LogP contribution in [0.2, 0.25) is 0 Å². The molecule has 0 spiro atoms. The molecule has 1 aliphatic rings. The first-order valence-electron chi connectivity index (χ1n) is 8.08. The van der Waals surface area contributed by atoms with Crippen LogP contribution in [0, 0.1) is 0 Å². The number of rotatable bonds is 2. The smallest absolute Gasteiger partial charge is 0.324 e. The number of hydrogen-bond acceptors (Lipinski definition) is 3. The molecule has 6 nitrogen and oxygen atoms in total. The van der Waals surface area contributed by atoms with Crippen molar-refractivity contribution < 1.29 is 22.8 Å². The van der Waals surface area contributed by atoms with Gasteiger partial charge in [-0.1, -0.05) is 12.1 Å². The number of imidazole rings is 1. The first-order valence-corrected chi connectivity index (χ1v) is 8.08. The molecule has 2 N–H and O–H groups in total. The van der Waals surface area contributed by atoms with Gasteiger partial charge in [0.25, 0.3) is 0 Å². The summed E-state index contributed by atoms with van der Waals surface area (Å²) < 4.78 is 39.6. The zero-order valence-electron chi connectivity index (χ0n) is 13.7. The van der Waals surface area contributed by atoms with Crippen LogP contribution in [0.5, 0.6) is 0 Å². The van der Waals surface area contributed by atoms with Gasteiger partial charge in [-0.15, -0.1) is 0 Å². The van der Waals surface area contributed by atoms with Crippen molar-refractivity contribution in [3.63, 3.8) is 0 Å². The van der Waals surface area contributed by atoms with E-state index in [9.17, 15) is 22.8 Å². The van der Waals surface area contributed by atoms with Crippen LogP contribution in [0.1, 0.15) is 18.0 Å². The number of nitrogens with zero attached hydrogens (tertiary/aromatic N) is 2. The molecular formula is C18H13F3N4O2. The molecular weight excluding hydrogens is 361 g/mol. The molecule has 0 saturated carbocycles. The van der Waals surface area contributed by atoms with Gasteiger partial charge in [-0.25, -0.2) is 4.98 Å². The number of halogens is 3. The molecule has 0 fully saturated rings. The summed E-state index contributed by atoms with van der Waals surface area (Å²) in [5.41, 5.74) is 0.715. The number of para-hydroxylation sites is 2. The van der Waals surface area contributed by atoms with E-state index in [0.717, 1.165) is 12.1 Å². The van der Waals surface area contributed by atoms with E-state index in [1.54, 1.807) is 28.8 Å². The Morgan fingerprint density at radius 1 is 1.15 bits per heavy atom. The van der Waals surface area contributed by atoms with Crippen LogP contribution in [0.4, 0.5) is 24.8 Å². The summed E-state index contributed by atoms with van der Waals surface area (Å²) in [6.45, 7) is 0. The lowest BCUT2D eigenvalue weighted by molar-refractivity contribution is -0.137. The first-order chi connectivity index (χ1) is 12.8. The van der Waals surface area contributed by atoms with E-state index in [1.807, 2.05) is 0 Å². The third-order valence-electron chi connectivity index (χ3n) is 4.32. The molecule has 0 radical (unpaired) electrons. The minimum atomic E-state index is -4.45. The first kappa shape index (κ1) is 17.1. The molecule has 138 valence electrons. The largest absolute Gasteiger partial charge is 0.416 e. The standard InChI is InChI=1S/C18H13F3N4O2/c19-18(20,21)10-5-7-11(8-6-10)22-16(27)14-9-15(26)24-17-23-12-3-1-2-4-13(12)25(14)17/h1-8,14H,9H2,(H,22,27)(H,23,24,26)/t14-/m0/s1. The monoisotopic (exact) mass is 374 g/mol. The Labute approximate surface area is 151 Å². The number of carbonyl (C=O) groups is 2. The van der Waals surface area contributed by atoms with E-state index >= 15 is 0 Å². The lowest BCUT2D eigenvalue weighted by Gasteiger charge is -2.25. The summed E-state index contributed by atoms with van der Waals surface area (Å²) in [6, 6.07) is 10.4. The second-order valence-electron chi connectivity index (χ2n) is 6.13. The second-order valence-corrected chi connectivity index (χ2v) is 6.13. The summed E-state index contributed by atoms with van der Waals surface area (Å²) in [6.07, 6.45) is -4.55. The molecule has 27 heavy (non-hydrogen) atoms. The van der Waals surface area contributed by atoms with E-state index in [-0.39, 0.29) is 24.0 Å². The van der Waals surface area contributed by atoms with Gasteiger partial charge in [-0.2, -0.15) is 13.2 Å². The average Bonchev–Trinajstić information content (AvgIpc) is 2.98. The van der Waals surface area contributed by atoms with Gasteiger partial charge in [0.1, 0.15) is 6.04 Å². The fourth-order valence-electron chi connectivity index (χ4n) is 3.07. The number of amides is 2. The zero-order chi connectivity index (χ0) is 19.2. The minimum absolute atomic E-state index is 0.0974. The Hall–Kier alpha value is -3.36. The van der Waals surface area contributed by atoms with Crippen LogP contribution >= 0.6 is 0 Å². The number of aromatic nitrogens is 2. The fraction of sp³-hybridized carbons (Fsp3) is 0.167. The highest BCUT2D eigenvalue weighted by Crippen LogP contribution is 2.32. The number of anilines is 2. The predicted molar refractivity (Wildman–Crippen MR) is 92.1 cm³/mol. The highest BCUT2D eigenvalue weighted by atomic mass is 19.4. The maximum atomic E-state index is 12.7. The molecule has 0 bridgehead atoms. The van der Waals surface area contributed by atoms with E-state index in [0.29, 0.717) is 11.0 Å². The van der Waals surface area contributed by atoms with Crippen molar-refractivity contribution in [2.45, 2.75) is 18.6 Å². The van der Waals surface area contributed by atoms with Crippen LogP contribution in [-0.4, -0.2) is 21.4 Å². The number of carbonyl (C=O) groups excluding carboxylic acids is 2. The molecule has 1 aromatic heterocycles. The average molecular weight is 374 g/mol. The summed E-state index contributed by atoms with van der Waals surface area (Å²) in [4.78, 5) is 29.0. The van der Waals surface area contributed by atoms with Crippen LogP contribution in [0.15, 0.2) is 48.5 Å². The number of alkyl halides is 3. The van der Waals surface area contributed by atoms with E-state index < -0.39 is 23.7 Å². The number of fused-ring (bicyclic) bond motifs is 3. The second kappa shape index (κ2) is 6.11. The molecule has 2 amide bonds. The van der Waals surface area contributed by atoms with Crippen molar-refractivity contribution in [2.75, 3.05) is 10.6 Å². The third-order valence-corrected chi connectivity index (χ3v) is 4.32. The van der Waals surface area contributed by atoms with Gasteiger partial charge >= 0.3 is 6.18 Å². The van der Waals surface area contributed by atoms with Gasteiger partial charge in [0.2, 0.25) is 17.8 Å². The van der Waals surface area contributed by atoms with E-state index in [2.05, 4.69) is 15.6 Å². The van der Waals surface area contributed by atoms with Gasteiger partial charge in [-0.05, 0) is 36.4 Å². The van der Waals surface area contributed by atoms with Crippen molar-refractivity contribution in [3.8, 4) is 0 Å². The molecule has 2 heterocycles. The molecule has 0 saturated heterocycles. The molecule has 3 aromatic rings. The summed E-state index contributed by atoms with van der Waals surface area (Å²) in [5, 5.41) is 5.20. The number of benzene rings is 2. The zero-order valence-corrected chi connectivity index (χ0v) is 13.7. The molecule has 1 aliphatic heterocycles. The highest BCUT2D eigenvalue weighted by molar-refractivity contribution is 6.02. The maximum Gasteiger partial charge on any atom is 0.416 e. The normalized spacial score (nSPS) is 16.7. The lowest BCUT2D eigenvalue weighted by atomic mass is 10.1. The van der Waals surface area contributed by atoms with Crippen molar-refractivity contribution in [1.29, 1.82) is 0 Å². The Morgan fingerprint density at radius 2 is 1.85 bits per heavy atom. The van der Waals surface area contributed by atoms with Gasteiger partial charge in [0.05, 0.1) is 23.0 Å². The lowest BCUT2D eigenvalue weighted by Crippen LogP contribution is -2.35. The Balaban J connectivity index is 1.64. The van der Waals surface area contributed by atoms with Gasteiger partial charge < -0.3 is 5.32 Å². The van der Waals surface area contributed by atoms with Gasteiger partial charge in [-0.3, -0.25) is 19.5 Å². The summed E-state index contributed by atoms with van der Waals surface area (Å²) >= 11 is 0. The van der Waals surface area contributed by atoms with Crippen LogP contribution in [0.25, 0.3) is 11.0 Å². The molecule has 4 rings (SSSR count). The van der Waals surface area contributed by atoms with Crippen molar-refractivity contribution in [2.24, 2.45) is 0 Å². The number of hydrogen-bond donors (Lipinski definition) is 2. The molecule has 2 aromatic carbocycles. The fourth-order valence-corrected chi connectivity index (χ4v) is 3.07. The van der Waals surface area contributed by atoms with Crippen molar-refractivity contribution in [1.82, 2.24) is 9.55 Å². The van der Waals surface area contributed by atoms with Gasteiger partial charge in [0.15, 0.2) is 0 Å². The molecule has 9 heteroatoms. The van der Waals surface area contributed by atoms with E-state index in [1.165, 1.54) is 12.1 Å². The SMILES string of the molecule is O=C1C[C@@H](C(=O)Nc2ccc(C(F)(F)F)cc2)n2c(nc3ccccc32)N1. The summed E-state index contributed by atoms with van der Waals surface area (Å²) in [5.74, 6) is -0.598. The molecule has 0 aliphatic carbocycles. The highest BCUT2D eigenvalue weighted by Gasteiger charge is 2.33. The molecule has 0 unspecified atom stereocenters. The third kappa shape index (κ3) is 3.12. The van der Waals surface area contributed by atoms with Crippen LogP contribution in [-0.2, 0) is 15.8 Å². The quantitative estimate of drug-likeness (QED) is 0.720. The Kier molecular flexibility index (Phi) is 3.87. The number of nitrogens with one attached hydrogen (secondary N) is 2. The topological polar surface area (TPSA) is 76.0 Å². The maximum absolute atomic E-state index is 12.7. The Morgan fingerprint density at radius 3 is 2.56 bits per heavy atom. The minimum Gasteiger partial charge on any atom is -0.324 e. The summed E-state index contributed by atoms with van der Waals surface area (Å²) in [7, 11) is 0. The molecule has 1 atom stereocenters. The van der Waals surface area contributed by atoms with Gasteiger partial charge in [0, 0.05) is 5.69 Å². The van der Waals surface area contributed by atoms with Crippen LogP contribution in [0.3, 0.4) is 0 Å².